The van der Waals surface area contributed by atoms with Crippen LogP contribution < -0.4 is 0 Å². The van der Waals surface area contributed by atoms with Gasteiger partial charge in [-0.1, -0.05) is 12.1 Å². The van der Waals surface area contributed by atoms with Gasteiger partial charge in [0.15, 0.2) is 6.10 Å². The second kappa shape index (κ2) is 5.25. The molecule has 17 heavy (non-hydrogen) atoms. The lowest BCUT2D eigenvalue weighted by atomic mass is 10.2. The number of aliphatic carboxylic acids is 1. The Kier molecular flexibility index (Phi) is 3.71. The summed E-state index contributed by atoms with van der Waals surface area (Å²) in [5.41, 5.74) is 0.844. The van der Waals surface area contributed by atoms with Crippen LogP contribution in [-0.2, 0) is 16.1 Å². The molecule has 4 nitrogen and oxygen atoms in total. The van der Waals surface area contributed by atoms with Crippen molar-refractivity contribution >= 4 is 5.97 Å². The van der Waals surface area contributed by atoms with E-state index in [0.29, 0.717) is 26.2 Å². The van der Waals surface area contributed by atoms with Gasteiger partial charge in [-0.25, -0.2) is 9.18 Å². The van der Waals surface area contributed by atoms with Gasteiger partial charge in [0, 0.05) is 19.6 Å². The number of carboxylic acids is 1. The zero-order valence-corrected chi connectivity index (χ0v) is 9.30. The summed E-state index contributed by atoms with van der Waals surface area (Å²) in [6.07, 6.45) is -0.780. The molecule has 0 amide bonds. The molecule has 1 heterocycles. The van der Waals surface area contributed by atoms with Gasteiger partial charge < -0.3 is 9.84 Å². The normalized spacial score (nSPS) is 21.4. The summed E-state index contributed by atoms with van der Waals surface area (Å²) in [6, 6.07) is 6.34. The minimum absolute atomic E-state index is 0.273. The van der Waals surface area contributed by atoms with Crippen LogP contribution in [0.3, 0.4) is 0 Å². The summed E-state index contributed by atoms with van der Waals surface area (Å²) >= 11 is 0. The Labute approximate surface area is 98.6 Å². The Morgan fingerprint density at radius 3 is 3.12 bits per heavy atom. The SMILES string of the molecule is O=C(O)C1CN(Cc2cccc(F)c2)CCO1. The maximum absolute atomic E-state index is 13.0. The molecule has 1 atom stereocenters. The molecule has 2 rings (SSSR count). The minimum Gasteiger partial charge on any atom is -0.479 e. The van der Waals surface area contributed by atoms with Crippen molar-refractivity contribution in [2.24, 2.45) is 0 Å². The van der Waals surface area contributed by atoms with Gasteiger partial charge >= 0.3 is 5.97 Å². The predicted octanol–water partition coefficient (Wildman–Crippen LogP) is 1.11. The lowest BCUT2D eigenvalue weighted by Gasteiger charge is -2.30. The third-order valence-corrected chi connectivity index (χ3v) is 2.72. The number of ether oxygens (including phenoxy) is 1. The number of halogens is 1. The van der Waals surface area contributed by atoms with Crippen LogP contribution in [-0.4, -0.2) is 41.8 Å². The molecule has 0 saturated carbocycles. The third-order valence-electron chi connectivity index (χ3n) is 2.72. The van der Waals surface area contributed by atoms with E-state index in [1.54, 1.807) is 6.07 Å². The highest BCUT2D eigenvalue weighted by molar-refractivity contribution is 5.72. The predicted molar refractivity (Wildman–Crippen MR) is 59.1 cm³/mol. The summed E-state index contributed by atoms with van der Waals surface area (Å²) in [5.74, 6) is -1.22. The lowest BCUT2D eigenvalue weighted by molar-refractivity contribution is -0.156. The molecule has 0 aromatic heterocycles. The fourth-order valence-corrected chi connectivity index (χ4v) is 1.89. The average molecular weight is 239 g/mol. The van der Waals surface area contributed by atoms with Crippen molar-refractivity contribution in [3.63, 3.8) is 0 Å². The first-order valence-corrected chi connectivity index (χ1v) is 5.46. The lowest BCUT2D eigenvalue weighted by Crippen LogP contribution is -2.45. The van der Waals surface area contributed by atoms with Gasteiger partial charge in [-0.15, -0.1) is 0 Å². The third kappa shape index (κ3) is 3.25. The number of rotatable bonds is 3. The molecule has 1 saturated heterocycles. The smallest absolute Gasteiger partial charge is 0.334 e. The Morgan fingerprint density at radius 2 is 2.41 bits per heavy atom. The Bertz CT molecular complexity index is 410. The van der Waals surface area contributed by atoms with Gasteiger partial charge in [-0.2, -0.15) is 0 Å². The first kappa shape index (κ1) is 12.0. The van der Waals surface area contributed by atoms with Crippen molar-refractivity contribution in [2.75, 3.05) is 19.7 Å². The molecule has 5 heteroatoms. The van der Waals surface area contributed by atoms with E-state index in [1.807, 2.05) is 11.0 Å². The van der Waals surface area contributed by atoms with Gasteiger partial charge in [-0.3, -0.25) is 4.90 Å². The molecule has 1 unspecified atom stereocenters. The number of morpholine rings is 1. The largest absolute Gasteiger partial charge is 0.479 e. The number of hydrogen-bond donors (Lipinski definition) is 1. The van der Waals surface area contributed by atoms with Gasteiger partial charge in [0.2, 0.25) is 0 Å². The maximum Gasteiger partial charge on any atom is 0.334 e. The van der Waals surface area contributed by atoms with Crippen LogP contribution >= 0.6 is 0 Å². The van der Waals surface area contributed by atoms with E-state index >= 15 is 0 Å². The van der Waals surface area contributed by atoms with Crippen LogP contribution in [0.4, 0.5) is 4.39 Å². The number of carboxylic acid groups (broad SMARTS) is 1. The maximum atomic E-state index is 13.0. The summed E-state index contributed by atoms with van der Waals surface area (Å²) < 4.78 is 18.1. The van der Waals surface area contributed by atoms with Crippen LogP contribution in [0.1, 0.15) is 5.56 Å². The molecular weight excluding hydrogens is 225 g/mol. The van der Waals surface area contributed by atoms with E-state index in [-0.39, 0.29) is 5.82 Å². The Morgan fingerprint density at radius 1 is 1.59 bits per heavy atom. The van der Waals surface area contributed by atoms with Crippen molar-refractivity contribution in [3.05, 3.63) is 35.6 Å². The van der Waals surface area contributed by atoms with Crippen molar-refractivity contribution in [2.45, 2.75) is 12.6 Å². The molecule has 1 aromatic rings. The second-order valence-electron chi connectivity index (χ2n) is 4.06. The first-order chi connectivity index (χ1) is 8.15. The Balaban J connectivity index is 1.97. The number of benzene rings is 1. The van der Waals surface area contributed by atoms with Crippen LogP contribution in [0.2, 0.25) is 0 Å². The van der Waals surface area contributed by atoms with Gasteiger partial charge in [0.05, 0.1) is 6.61 Å². The molecule has 1 aliphatic rings. The Hall–Kier alpha value is -1.46. The monoisotopic (exact) mass is 239 g/mol. The quantitative estimate of drug-likeness (QED) is 0.858. The topological polar surface area (TPSA) is 49.8 Å². The molecular formula is C12H14FNO3. The summed E-state index contributed by atoms with van der Waals surface area (Å²) in [4.78, 5) is 12.8. The van der Waals surface area contributed by atoms with Crippen LogP contribution in [0.25, 0.3) is 0 Å². The van der Waals surface area contributed by atoms with Crippen molar-refractivity contribution in [3.8, 4) is 0 Å². The molecule has 1 N–H and O–H groups in total. The zero-order valence-electron chi connectivity index (χ0n) is 9.30. The van der Waals surface area contributed by atoms with E-state index in [0.717, 1.165) is 5.56 Å². The van der Waals surface area contributed by atoms with Crippen LogP contribution in [0, 0.1) is 5.82 Å². The zero-order chi connectivity index (χ0) is 12.3. The number of hydrogen-bond acceptors (Lipinski definition) is 3. The molecule has 92 valence electrons. The minimum atomic E-state index is -0.950. The van der Waals surface area contributed by atoms with E-state index in [1.165, 1.54) is 12.1 Å². The molecule has 0 spiro atoms. The summed E-state index contributed by atoms with van der Waals surface area (Å²) in [5, 5.41) is 8.85. The van der Waals surface area contributed by atoms with E-state index < -0.39 is 12.1 Å². The van der Waals surface area contributed by atoms with Gasteiger partial charge in [-0.05, 0) is 17.7 Å². The highest BCUT2D eigenvalue weighted by Crippen LogP contribution is 2.11. The van der Waals surface area contributed by atoms with Crippen molar-refractivity contribution in [1.29, 1.82) is 0 Å². The fraction of sp³-hybridized carbons (Fsp3) is 0.417. The fourth-order valence-electron chi connectivity index (χ4n) is 1.89. The highest BCUT2D eigenvalue weighted by atomic mass is 19.1. The molecule has 1 aromatic carbocycles. The van der Waals surface area contributed by atoms with Gasteiger partial charge in [0.25, 0.3) is 0 Å². The van der Waals surface area contributed by atoms with Crippen LogP contribution in [0.5, 0.6) is 0 Å². The van der Waals surface area contributed by atoms with E-state index in [2.05, 4.69) is 0 Å². The summed E-state index contributed by atoms with van der Waals surface area (Å²) in [6.45, 7) is 1.95. The number of nitrogens with zero attached hydrogens (tertiary/aromatic N) is 1. The van der Waals surface area contributed by atoms with Crippen molar-refractivity contribution < 1.29 is 19.0 Å². The molecule has 1 aliphatic heterocycles. The molecule has 0 radical (unpaired) electrons. The van der Waals surface area contributed by atoms with Crippen LogP contribution in [0.15, 0.2) is 24.3 Å². The molecule has 1 fully saturated rings. The standard InChI is InChI=1S/C12H14FNO3/c13-10-3-1-2-9(6-10)7-14-4-5-17-11(8-14)12(15)16/h1-3,6,11H,4-5,7-8H2,(H,15,16). The average Bonchev–Trinajstić information content (AvgIpc) is 2.29. The van der Waals surface area contributed by atoms with Gasteiger partial charge in [0.1, 0.15) is 5.82 Å². The van der Waals surface area contributed by atoms with E-state index in [9.17, 15) is 9.18 Å². The molecule has 0 aliphatic carbocycles. The first-order valence-electron chi connectivity index (χ1n) is 5.46. The highest BCUT2D eigenvalue weighted by Gasteiger charge is 2.25. The van der Waals surface area contributed by atoms with Crippen molar-refractivity contribution in [1.82, 2.24) is 4.90 Å². The summed E-state index contributed by atoms with van der Waals surface area (Å²) in [7, 11) is 0. The second-order valence-corrected chi connectivity index (χ2v) is 4.06. The van der Waals surface area contributed by atoms with E-state index in [4.69, 9.17) is 9.84 Å². The number of carbonyl (C=O) groups is 1. The molecule has 0 bridgehead atoms.